The molecule has 1 aliphatic rings. The number of amidine groups is 1. The van der Waals surface area contributed by atoms with Crippen molar-refractivity contribution in [3.63, 3.8) is 0 Å². The summed E-state index contributed by atoms with van der Waals surface area (Å²) in [4.78, 5) is 4.45. The van der Waals surface area contributed by atoms with Gasteiger partial charge in [-0.25, -0.2) is 4.99 Å². The third kappa shape index (κ3) is 2.99. The number of alkyl halides is 3. The Labute approximate surface area is 140 Å². The zero-order valence-corrected chi connectivity index (χ0v) is 13.6. The molecule has 1 heterocycles. The predicted octanol–water partition coefficient (Wildman–Crippen LogP) is 4.54. The van der Waals surface area contributed by atoms with Crippen LogP contribution < -0.4 is 10.5 Å². The summed E-state index contributed by atoms with van der Waals surface area (Å²) in [5.74, 6) is 0.392. The van der Waals surface area contributed by atoms with Gasteiger partial charge in [0.1, 0.15) is 10.9 Å². The minimum atomic E-state index is -4.49. The van der Waals surface area contributed by atoms with Crippen LogP contribution in [0.1, 0.15) is 5.56 Å². The highest BCUT2D eigenvalue weighted by Crippen LogP contribution is 2.46. The Bertz CT molecular complexity index is 831. The molecule has 0 aromatic heterocycles. The first-order chi connectivity index (χ1) is 11.4. The van der Waals surface area contributed by atoms with E-state index in [9.17, 15) is 13.2 Å². The predicted molar refractivity (Wildman–Crippen MR) is 91.4 cm³/mol. The molecule has 0 radical (unpaired) electrons. The van der Waals surface area contributed by atoms with Crippen LogP contribution in [0.4, 0.5) is 13.2 Å². The minimum absolute atomic E-state index is 0.0809. The number of thiol groups is 1. The fourth-order valence-electron chi connectivity index (χ4n) is 2.55. The lowest BCUT2D eigenvalue weighted by atomic mass is 9.98. The molecule has 2 N–H and O–H groups in total. The SMILES string of the molecule is COc1ccccc1-c1ccc([SH]2C=CN=C2N)cc1C(F)(F)F. The average molecular weight is 352 g/mol. The smallest absolute Gasteiger partial charge is 0.417 e. The molecule has 0 saturated heterocycles. The molecule has 126 valence electrons. The summed E-state index contributed by atoms with van der Waals surface area (Å²) in [7, 11) is 0.293. The maximum Gasteiger partial charge on any atom is 0.417 e. The standard InChI is InChI=1S/C17H15F3N2OS/c1-23-15-5-3-2-4-13(15)12-7-6-11(10-14(12)17(18,19)20)24-9-8-22-16(24)21/h2-10,24H,1H3,(H2,21,22). The summed E-state index contributed by atoms with van der Waals surface area (Å²) in [5, 5.41) is 2.09. The third-order valence-electron chi connectivity index (χ3n) is 3.65. The highest BCUT2D eigenvalue weighted by atomic mass is 32.2. The molecule has 24 heavy (non-hydrogen) atoms. The van der Waals surface area contributed by atoms with Crippen LogP contribution >= 0.6 is 10.9 Å². The molecule has 0 fully saturated rings. The van der Waals surface area contributed by atoms with E-state index in [4.69, 9.17) is 10.5 Å². The van der Waals surface area contributed by atoms with E-state index in [2.05, 4.69) is 4.99 Å². The number of rotatable bonds is 3. The van der Waals surface area contributed by atoms with Gasteiger partial charge in [-0.2, -0.15) is 13.2 Å². The van der Waals surface area contributed by atoms with Crippen molar-refractivity contribution in [3.8, 4) is 16.9 Å². The summed E-state index contributed by atoms with van der Waals surface area (Å²) in [6, 6.07) is 10.9. The number of hydrogen-bond donors (Lipinski definition) is 2. The summed E-state index contributed by atoms with van der Waals surface area (Å²) in [5.41, 5.74) is 5.55. The van der Waals surface area contributed by atoms with E-state index < -0.39 is 22.6 Å². The van der Waals surface area contributed by atoms with E-state index in [0.29, 0.717) is 21.4 Å². The van der Waals surface area contributed by atoms with Crippen molar-refractivity contribution in [1.82, 2.24) is 0 Å². The van der Waals surface area contributed by atoms with E-state index >= 15 is 0 Å². The first kappa shape index (κ1) is 16.4. The number of methoxy groups -OCH3 is 1. The monoisotopic (exact) mass is 352 g/mol. The molecule has 1 aliphatic heterocycles. The van der Waals surface area contributed by atoms with Crippen LogP contribution in [-0.2, 0) is 6.18 Å². The number of halogens is 3. The third-order valence-corrected chi connectivity index (χ3v) is 5.53. The van der Waals surface area contributed by atoms with Gasteiger partial charge in [0.25, 0.3) is 0 Å². The zero-order chi connectivity index (χ0) is 17.3. The van der Waals surface area contributed by atoms with Gasteiger partial charge in [-0.1, -0.05) is 24.3 Å². The molecule has 2 aromatic carbocycles. The van der Waals surface area contributed by atoms with Crippen molar-refractivity contribution in [1.29, 1.82) is 0 Å². The maximum atomic E-state index is 13.6. The second kappa shape index (κ2) is 6.24. The Morgan fingerprint density at radius 1 is 1.08 bits per heavy atom. The fraction of sp³-hybridized carbons (Fsp3) is 0.118. The molecule has 0 amide bonds. The van der Waals surface area contributed by atoms with Gasteiger partial charge in [0.15, 0.2) is 0 Å². The van der Waals surface area contributed by atoms with E-state index in [1.165, 1.54) is 19.4 Å². The van der Waals surface area contributed by atoms with E-state index in [1.807, 2.05) is 0 Å². The van der Waals surface area contributed by atoms with E-state index in [-0.39, 0.29) is 5.56 Å². The lowest BCUT2D eigenvalue weighted by Crippen LogP contribution is -2.11. The lowest BCUT2D eigenvalue weighted by Gasteiger charge is -2.19. The fourth-order valence-corrected chi connectivity index (χ4v) is 4.04. The van der Waals surface area contributed by atoms with Crippen LogP contribution in [0.25, 0.3) is 11.1 Å². The van der Waals surface area contributed by atoms with Crippen LogP contribution in [0.15, 0.2) is 64.0 Å². The molecule has 2 aromatic rings. The Morgan fingerprint density at radius 3 is 2.46 bits per heavy atom. The summed E-state index contributed by atoms with van der Waals surface area (Å²) >= 11 is 0. The van der Waals surface area contributed by atoms with Crippen molar-refractivity contribution in [2.24, 2.45) is 10.7 Å². The summed E-state index contributed by atoms with van der Waals surface area (Å²) in [6.45, 7) is 0. The van der Waals surface area contributed by atoms with Crippen LogP contribution in [0.5, 0.6) is 5.75 Å². The molecule has 0 aliphatic carbocycles. The number of nitrogens with two attached hydrogens (primary N) is 1. The average Bonchev–Trinajstić information content (AvgIpc) is 2.99. The van der Waals surface area contributed by atoms with Gasteiger partial charge in [0.05, 0.1) is 12.7 Å². The van der Waals surface area contributed by atoms with Gasteiger partial charge in [0.2, 0.25) is 0 Å². The van der Waals surface area contributed by atoms with Crippen molar-refractivity contribution in [3.05, 3.63) is 59.6 Å². The van der Waals surface area contributed by atoms with Gasteiger partial charge in [0, 0.05) is 11.8 Å². The molecule has 1 unspecified atom stereocenters. The summed E-state index contributed by atoms with van der Waals surface area (Å²) in [6.07, 6.45) is -2.96. The van der Waals surface area contributed by atoms with Crippen molar-refractivity contribution >= 4 is 16.1 Å². The number of nitrogens with zero attached hydrogens (tertiary/aromatic N) is 1. The number of para-hydroxylation sites is 1. The van der Waals surface area contributed by atoms with Crippen molar-refractivity contribution < 1.29 is 17.9 Å². The highest BCUT2D eigenvalue weighted by Gasteiger charge is 2.35. The first-order valence-electron chi connectivity index (χ1n) is 7.05. The highest BCUT2D eigenvalue weighted by molar-refractivity contribution is 8.32. The van der Waals surface area contributed by atoms with Gasteiger partial charge in [-0.3, -0.25) is 0 Å². The number of aliphatic imine (C=N–C) groups is 1. The Balaban J connectivity index is 2.17. The van der Waals surface area contributed by atoms with Gasteiger partial charge >= 0.3 is 6.18 Å². The Morgan fingerprint density at radius 2 is 1.83 bits per heavy atom. The maximum absolute atomic E-state index is 13.6. The van der Waals surface area contributed by atoms with Crippen LogP contribution in [0, 0.1) is 0 Å². The largest absolute Gasteiger partial charge is 0.496 e. The zero-order valence-electron chi connectivity index (χ0n) is 12.7. The molecule has 3 nitrogen and oxygen atoms in total. The molecule has 7 heteroatoms. The summed E-state index contributed by atoms with van der Waals surface area (Å²) < 4.78 is 46.1. The molecular formula is C17H15F3N2OS. The molecule has 0 bridgehead atoms. The Hall–Kier alpha value is -2.41. The number of hydrogen-bond acceptors (Lipinski definition) is 3. The quantitative estimate of drug-likeness (QED) is 0.797. The molecule has 1 atom stereocenters. The second-order valence-electron chi connectivity index (χ2n) is 5.08. The van der Waals surface area contributed by atoms with Crippen LogP contribution in [-0.4, -0.2) is 12.3 Å². The van der Waals surface area contributed by atoms with Gasteiger partial charge < -0.3 is 10.5 Å². The second-order valence-corrected chi connectivity index (χ2v) is 7.10. The number of ether oxygens (including phenoxy) is 1. The minimum Gasteiger partial charge on any atom is -0.496 e. The first-order valence-corrected chi connectivity index (χ1v) is 8.46. The lowest BCUT2D eigenvalue weighted by molar-refractivity contribution is -0.137. The molecule has 0 saturated carbocycles. The number of benzene rings is 2. The molecule has 0 spiro atoms. The van der Waals surface area contributed by atoms with Gasteiger partial charge in [-0.15, -0.1) is 10.9 Å². The van der Waals surface area contributed by atoms with Crippen LogP contribution in [0.3, 0.4) is 0 Å². The van der Waals surface area contributed by atoms with E-state index in [1.54, 1.807) is 35.7 Å². The molecular weight excluding hydrogens is 337 g/mol. The normalized spacial score (nSPS) is 18.5. The van der Waals surface area contributed by atoms with Crippen molar-refractivity contribution in [2.75, 3.05) is 7.11 Å². The van der Waals surface area contributed by atoms with Crippen molar-refractivity contribution in [2.45, 2.75) is 11.1 Å². The topological polar surface area (TPSA) is 47.6 Å². The van der Waals surface area contributed by atoms with Crippen LogP contribution in [0.2, 0.25) is 0 Å². The van der Waals surface area contributed by atoms with Gasteiger partial charge in [-0.05, 0) is 34.1 Å². The van der Waals surface area contributed by atoms with E-state index in [0.717, 1.165) is 6.07 Å². The Kier molecular flexibility index (Phi) is 4.28. The molecule has 3 rings (SSSR count).